The summed E-state index contributed by atoms with van der Waals surface area (Å²) in [6.07, 6.45) is 8.37. The quantitative estimate of drug-likeness (QED) is 0.554. The van der Waals surface area contributed by atoms with E-state index in [1.807, 2.05) is 0 Å². The zero-order valence-electron chi connectivity index (χ0n) is 8.29. The van der Waals surface area contributed by atoms with Crippen LogP contribution in [-0.2, 0) is 0 Å². The van der Waals surface area contributed by atoms with E-state index in [4.69, 9.17) is 13.2 Å². The van der Waals surface area contributed by atoms with E-state index in [-0.39, 0.29) is 0 Å². The highest BCUT2D eigenvalue weighted by atomic mass is 14.3. The molecular weight excluding hydrogens is 144 g/mol. The third-order valence-electron chi connectivity index (χ3n) is 2.14. The Morgan fingerprint density at radius 2 is 2.00 bits per heavy atom. The van der Waals surface area contributed by atoms with E-state index in [0.29, 0.717) is 0 Å². The molecule has 68 valence electrons. The standard InChI is InChI=1S/C6H9.C6H11/c1-3-6-4-5(6)2;1-3-5-6-4-2/h1,3,5-6H,4H2,2H3;1,3H,4-6H2,2H3. The Hall–Kier alpha value is -0.520. The number of hydrogen-bond acceptors (Lipinski definition) is 0. The van der Waals surface area contributed by atoms with Gasteiger partial charge in [0.15, 0.2) is 0 Å². The minimum absolute atomic E-state index is 0.755. The van der Waals surface area contributed by atoms with Gasteiger partial charge in [0.1, 0.15) is 0 Å². The van der Waals surface area contributed by atoms with Crippen LogP contribution in [-0.4, -0.2) is 0 Å². The Morgan fingerprint density at radius 3 is 2.08 bits per heavy atom. The van der Waals surface area contributed by atoms with E-state index in [1.165, 1.54) is 19.3 Å². The largest absolute Gasteiger partial charge is 0.0845 e. The average Bonchev–Trinajstić information content (AvgIpc) is 2.79. The molecule has 0 aromatic rings. The van der Waals surface area contributed by atoms with Crippen LogP contribution in [0.3, 0.4) is 0 Å². The monoisotopic (exact) mass is 164 g/mol. The maximum absolute atomic E-state index is 5.20. The van der Waals surface area contributed by atoms with E-state index < -0.39 is 0 Å². The fourth-order valence-electron chi connectivity index (χ4n) is 0.941. The van der Waals surface area contributed by atoms with Crippen LogP contribution in [0.5, 0.6) is 0 Å². The zero-order chi connectivity index (χ0) is 9.40. The highest BCUT2D eigenvalue weighted by molar-refractivity contribution is 4.93. The summed E-state index contributed by atoms with van der Waals surface area (Å²) < 4.78 is 0. The number of allylic oxidation sites excluding steroid dienone is 2. The summed E-state index contributed by atoms with van der Waals surface area (Å²) in [5.74, 6) is 1.64. The van der Waals surface area contributed by atoms with Crippen LogP contribution in [0.25, 0.3) is 0 Å². The predicted molar refractivity (Wildman–Crippen MR) is 54.5 cm³/mol. The van der Waals surface area contributed by atoms with Gasteiger partial charge in [-0.15, -0.1) is 0 Å². The normalized spacial score (nSPS) is 25.2. The number of hydrogen-bond donors (Lipinski definition) is 0. The van der Waals surface area contributed by atoms with Crippen molar-refractivity contribution in [1.82, 2.24) is 0 Å². The molecule has 0 bridgehead atoms. The second-order valence-corrected chi connectivity index (χ2v) is 3.45. The van der Waals surface area contributed by atoms with Crippen molar-refractivity contribution < 1.29 is 0 Å². The Labute approximate surface area is 77.4 Å². The summed E-state index contributed by atoms with van der Waals surface area (Å²) in [4.78, 5) is 0. The van der Waals surface area contributed by atoms with Gasteiger partial charge < -0.3 is 0 Å². The molecule has 0 spiro atoms. The molecule has 12 heavy (non-hydrogen) atoms. The van der Waals surface area contributed by atoms with E-state index in [9.17, 15) is 0 Å². The van der Waals surface area contributed by atoms with Gasteiger partial charge in [-0.05, 0) is 24.7 Å². The maximum atomic E-state index is 5.20. The van der Waals surface area contributed by atoms with Gasteiger partial charge in [0, 0.05) is 0 Å². The maximum Gasteiger partial charge on any atom is -0.0202 e. The van der Waals surface area contributed by atoms with Crippen molar-refractivity contribution in [2.24, 2.45) is 11.8 Å². The molecule has 1 rings (SSSR count). The SMILES string of the molecule is [CH]=CC1CC1C.[CH]=CCCCC. The molecule has 1 fully saturated rings. The fourth-order valence-corrected chi connectivity index (χ4v) is 0.941. The van der Waals surface area contributed by atoms with Crippen LogP contribution in [0.4, 0.5) is 0 Å². The predicted octanol–water partition coefficient (Wildman–Crippen LogP) is 3.80. The highest BCUT2D eigenvalue weighted by Gasteiger charge is 2.28. The second-order valence-electron chi connectivity index (χ2n) is 3.45. The summed E-state index contributed by atoms with van der Waals surface area (Å²) in [6, 6.07) is 0. The van der Waals surface area contributed by atoms with Gasteiger partial charge in [0.05, 0.1) is 0 Å². The first-order chi connectivity index (χ1) is 5.76. The lowest BCUT2D eigenvalue weighted by Gasteiger charge is -1.81. The van der Waals surface area contributed by atoms with Crippen molar-refractivity contribution in [3.05, 3.63) is 25.3 Å². The van der Waals surface area contributed by atoms with Crippen LogP contribution >= 0.6 is 0 Å². The zero-order valence-corrected chi connectivity index (χ0v) is 8.29. The molecule has 0 aromatic carbocycles. The molecule has 0 aliphatic heterocycles. The van der Waals surface area contributed by atoms with E-state index in [0.717, 1.165) is 18.3 Å². The molecule has 1 saturated carbocycles. The first-order valence-electron chi connectivity index (χ1n) is 4.84. The minimum atomic E-state index is 0.755. The van der Waals surface area contributed by atoms with Gasteiger partial charge in [-0.3, -0.25) is 0 Å². The molecule has 0 nitrogen and oxygen atoms in total. The van der Waals surface area contributed by atoms with Gasteiger partial charge in [0.2, 0.25) is 0 Å². The number of unbranched alkanes of at least 4 members (excludes halogenated alkanes) is 2. The molecule has 2 unspecified atom stereocenters. The molecule has 0 heteroatoms. The smallest absolute Gasteiger partial charge is 0.0202 e. The number of rotatable bonds is 4. The van der Waals surface area contributed by atoms with E-state index in [1.54, 1.807) is 12.2 Å². The van der Waals surface area contributed by atoms with Crippen molar-refractivity contribution in [3.63, 3.8) is 0 Å². The summed E-state index contributed by atoms with van der Waals surface area (Å²) >= 11 is 0. The van der Waals surface area contributed by atoms with Crippen LogP contribution in [0, 0.1) is 25.0 Å². The molecule has 0 heterocycles. The molecule has 2 atom stereocenters. The van der Waals surface area contributed by atoms with Crippen molar-refractivity contribution in [2.75, 3.05) is 0 Å². The lowest BCUT2D eigenvalue weighted by atomic mass is 10.3. The third-order valence-corrected chi connectivity index (χ3v) is 2.14. The van der Waals surface area contributed by atoms with Crippen molar-refractivity contribution in [3.8, 4) is 0 Å². The Morgan fingerprint density at radius 1 is 1.42 bits per heavy atom. The summed E-state index contributed by atoms with van der Waals surface area (Å²) in [5, 5.41) is 0. The summed E-state index contributed by atoms with van der Waals surface area (Å²) in [6.45, 7) is 14.7. The molecule has 0 saturated heterocycles. The van der Waals surface area contributed by atoms with Crippen LogP contribution < -0.4 is 0 Å². The average molecular weight is 164 g/mol. The Kier molecular flexibility index (Phi) is 6.84. The van der Waals surface area contributed by atoms with E-state index >= 15 is 0 Å². The van der Waals surface area contributed by atoms with Crippen LogP contribution in [0.15, 0.2) is 12.2 Å². The van der Waals surface area contributed by atoms with Gasteiger partial charge in [-0.1, -0.05) is 52.0 Å². The minimum Gasteiger partial charge on any atom is -0.0845 e. The molecule has 1 aliphatic rings. The van der Waals surface area contributed by atoms with Crippen molar-refractivity contribution in [1.29, 1.82) is 0 Å². The molecule has 2 radical (unpaired) electrons. The van der Waals surface area contributed by atoms with Crippen molar-refractivity contribution in [2.45, 2.75) is 39.5 Å². The second kappa shape index (κ2) is 7.15. The molecule has 1 aliphatic carbocycles. The summed E-state index contributed by atoms with van der Waals surface area (Å²) in [7, 11) is 0. The van der Waals surface area contributed by atoms with Gasteiger partial charge in [-0.2, -0.15) is 0 Å². The molecule has 0 N–H and O–H groups in total. The topological polar surface area (TPSA) is 0 Å². The highest BCUT2D eigenvalue weighted by Crippen LogP contribution is 2.37. The fraction of sp³-hybridized carbons (Fsp3) is 0.667. The van der Waals surface area contributed by atoms with E-state index in [2.05, 4.69) is 13.8 Å². The molecular formula is C12H20. The van der Waals surface area contributed by atoms with Crippen molar-refractivity contribution >= 4 is 0 Å². The van der Waals surface area contributed by atoms with Gasteiger partial charge in [0.25, 0.3) is 0 Å². The van der Waals surface area contributed by atoms with Crippen LogP contribution in [0.2, 0.25) is 0 Å². The lowest BCUT2D eigenvalue weighted by molar-refractivity contribution is 0.815. The Balaban J connectivity index is 0.000000202. The molecule has 0 amide bonds. The van der Waals surface area contributed by atoms with Gasteiger partial charge >= 0.3 is 0 Å². The van der Waals surface area contributed by atoms with Crippen LogP contribution in [0.1, 0.15) is 39.5 Å². The first-order valence-corrected chi connectivity index (χ1v) is 4.84. The summed E-state index contributed by atoms with van der Waals surface area (Å²) in [5.41, 5.74) is 0. The molecule has 0 aromatic heterocycles. The lowest BCUT2D eigenvalue weighted by Crippen LogP contribution is -1.62. The van der Waals surface area contributed by atoms with Gasteiger partial charge in [-0.25, -0.2) is 0 Å². The first kappa shape index (κ1) is 11.5. The third kappa shape index (κ3) is 6.21. The Bertz CT molecular complexity index is 124.